The third-order valence-corrected chi connectivity index (χ3v) is 4.53. The Labute approximate surface area is 232 Å². The van der Waals surface area contributed by atoms with E-state index in [2.05, 4.69) is 0 Å². The second-order valence-electron chi connectivity index (χ2n) is 7.57. The quantitative estimate of drug-likeness (QED) is 0.0710. The van der Waals surface area contributed by atoms with Crippen LogP contribution >= 0.6 is 0 Å². The van der Waals surface area contributed by atoms with Crippen LogP contribution in [-0.4, -0.2) is 176 Å². The number of hydrogen-bond acceptors (Lipinski definition) is 14. The van der Waals surface area contributed by atoms with E-state index in [1.54, 1.807) is 0 Å². The zero-order valence-electron chi connectivity index (χ0n) is 23.6. The molecular weight excluding hydrogens is 524 g/mol. The number of ether oxygens (including phenoxy) is 12. The van der Waals surface area contributed by atoms with Gasteiger partial charge in [-0.2, -0.15) is 0 Å². The van der Waals surface area contributed by atoms with Crippen molar-refractivity contribution >= 4 is 0 Å². The highest BCUT2D eigenvalue weighted by atomic mass is 16.7. The summed E-state index contributed by atoms with van der Waals surface area (Å²) in [5, 5.41) is 17.4. The Hall–Kier alpha value is -0.560. The molecule has 0 aromatic heterocycles. The van der Waals surface area contributed by atoms with Crippen molar-refractivity contribution in [3.05, 3.63) is 0 Å². The van der Waals surface area contributed by atoms with Crippen molar-refractivity contribution < 1.29 is 67.1 Å². The molecular formula is C25H52O14. The number of aliphatic hydroxyl groups excluding tert-OH is 2. The fraction of sp³-hybridized carbons (Fsp3) is 1.00. The van der Waals surface area contributed by atoms with Crippen LogP contribution in [0, 0.1) is 0 Å². The summed E-state index contributed by atoms with van der Waals surface area (Å²) in [6.45, 7) is 9.76. The van der Waals surface area contributed by atoms with Crippen molar-refractivity contribution in [1.82, 2.24) is 0 Å². The molecule has 1 atom stereocenters. The van der Waals surface area contributed by atoms with E-state index in [-0.39, 0.29) is 13.2 Å². The fourth-order valence-corrected chi connectivity index (χ4v) is 2.58. The molecule has 0 aliphatic carbocycles. The van der Waals surface area contributed by atoms with Crippen LogP contribution in [0.3, 0.4) is 0 Å². The molecule has 0 radical (unpaired) electrons. The van der Waals surface area contributed by atoms with Crippen LogP contribution in [0.4, 0.5) is 0 Å². The van der Waals surface area contributed by atoms with Crippen LogP contribution in [0.1, 0.15) is 0 Å². The summed E-state index contributed by atoms with van der Waals surface area (Å²) < 4.78 is 63.8. The second kappa shape index (κ2) is 35.5. The third-order valence-electron chi connectivity index (χ3n) is 4.53. The number of hydrogen-bond donors (Lipinski definition) is 2. The molecule has 0 aliphatic rings. The van der Waals surface area contributed by atoms with E-state index in [1.807, 2.05) is 0 Å². The van der Waals surface area contributed by atoms with Crippen molar-refractivity contribution in [3.63, 3.8) is 0 Å². The van der Waals surface area contributed by atoms with Gasteiger partial charge < -0.3 is 67.1 Å². The van der Waals surface area contributed by atoms with Gasteiger partial charge in [0.25, 0.3) is 0 Å². The van der Waals surface area contributed by atoms with Crippen LogP contribution in [0.2, 0.25) is 0 Å². The summed E-state index contributed by atoms with van der Waals surface area (Å²) in [5.41, 5.74) is 0. The lowest BCUT2D eigenvalue weighted by molar-refractivity contribution is -0.154. The zero-order valence-corrected chi connectivity index (χ0v) is 23.6. The van der Waals surface area contributed by atoms with Gasteiger partial charge in [-0.05, 0) is 0 Å². The van der Waals surface area contributed by atoms with E-state index in [0.717, 1.165) is 0 Å². The van der Waals surface area contributed by atoms with Crippen LogP contribution in [0.5, 0.6) is 0 Å². The molecule has 2 N–H and O–H groups in total. The van der Waals surface area contributed by atoms with Gasteiger partial charge in [0, 0.05) is 7.11 Å². The molecule has 0 spiro atoms. The molecule has 1 unspecified atom stereocenters. The normalized spacial score (nSPS) is 12.4. The first-order valence-electron chi connectivity index (χ1n) is 13.5. The Morgan fingerprint density at radius 3 is 0.795 bits per heavy atom. The van der Waals surface area contributed by atoms with E-state index in [0.29, 0.717) is 139 Å². The van der Waals surface area contributed by atoms with E-state index in [4.69, 9.17) is 67.1 Å². The molecule has 0 saturated carbocycles. The molecule has 0 aromatic carbocycles. The van der Waals surface area contributed by atoms with E-state index >= 15 is 0 Å². The molecule has 236 valence electrons. The smallest absolute Gasteiger partial charge is 0.180 e. The molecule has 0 heterocycles. The summed E-state index contributed by atoms with van der Waals surface area (Å²) in [7, 11) is 1.47. The van der Waals surface area contributed by atoms with E-state index in [1.165, 1.54) is 7.11 Å². The average molecular weight is 577 g/mol. The molecule has 14 nitrogen and oxygen atoms in total. The van der Waals surface area contributed by atoms with Crippen LogP contribution in [-0.2, 0) is 56.8 Å². The lowest BCUT2D eigenvalue weighted by Gasteiger charge is -2.13. The van der Waals surface area contributed by atoms with Crippen molar-refractivity contribution in [2.24, 2.45) is 0 Å². The van der Waals surface area contributed by atoms with Crippen molar-refractivity contribution in [2.75, 3.05) is 159 Å². The molecule has 0 aromatic rings. The Balaban J connectivity index is 3.05. The molecule has 0 aliphatic heterocycles. The first-order valence-corrected chi connectivity index (χ1v) is 13.5. The maximum absolute atomic E-state index is 8.89. The lowest BCUT2D eigenvalue weighted by Crippen LogP contribution is -2.22. The Kier molecular flexibility index (Phi) is 35.0. The van der Waals surface area contributed by atoms with Crippen LogP contribution < -0.4 is 0 Å². The highest BCUT2D eigenvalue weighted by molar-refractivity contribution is 4.40. The number of methoxy groups -OCH3 is 1. The van der Waals surface area contributed by atoms with Crippen molar-refractivity contribution in [1.29, 1.82) is 0 Å². The third kappa shape index (κ3) is 33.5. The van der Waals surface area contributed by atoms with Gasteiger partial charge in [0.05, 0.1) is 152 Å². The van der Waals surface area contributed by atoms with Crippen molar-refractivity contribution in [2.45, 2.75) is 6.29 Å². The maximum Gasteiger partial charge on any atom is 0.180 e. The SMILES string of the molecule is COC(CO)OCCOCCOCCOCCOCCOCCOCCOCCOCCOCCOCCO. The minimum Gasteiger partial charge on any atom is -0.394 e. The average Bonchev–Trinajstić information content (AvgIpc) is 2.95. The molecule has 0 fully saturated rings. The summed E-state index contributed by atoms with van der Waals surface area (Å²) >= 11 is 0. The monoisotopic (exact) mass is 576 g/mol. The molecule has 0 amide bonds. The maximum atomic E-state index is 8.89. The predicted octanol–water partition coefficient (Wildman–Crippen LogP) is -0.874. The van der Waals surface area contributed by atoms with Gasteiger partial charge in [-0.25, -0.2) is 0 Å². The molecule has 0 rings (SSSR count). The summed E-state index contributed by atoms with van der Waals surface area (Å²) in [6.07, 6.45) is -0.610. The first-order chi connectivity index (χ1) is 19.3. The fourth-order valence-electron chi connectivity index (χ4n) is 2.58. The van der Waals surface area contributed by atoms with E-state index < -0.39 is 6.29 Å². The van der Waals surface area contributed by atoms with Gasteiger partial charge in [0.1, 0.15) is 0 Å². The van der Waals surface area contributed by atoms with Gasteiger partial charge in [0.15, 0.2) is 6.29 Å². The van der Waals surface area contributed by atoms with Gasteiger partial charge in [0.2, 0.25) is 0 Å². The van der Waals surface area contributed by atoms with Crippen molar-refractivity contribution in [3.8, 4) is 0 Å². The Bertz CT molecular complexity index is 432. The number of rotatable bonds is 35. The Morgan fingerprint density at radius 2 is 0.590 bits per heavy atom. The zero-order chi connectivity index (χ0) is 28.3. The molecule has 0 bridgehead atoms. The van der Waals surface area contributed by atoms with Crippen LogP contribution in [0.25, 0.3) is 0 Å². The minimum absolute atomic E-state index is 0.0234. The first kappa shape index (κ1) is 38.4. The molecule has 39 heavy (non-hydrogen) atoms. The lowest BCUT2D eigenvalue weighted by atomic mass is 10.6. The van der Waals surface area contributed by atoms with Gasteiger partial charge in [-0.15, -0.1) is 0 Å². The Morgan fingerprint density at radius 1 is 0.359 bits per heavy atom. The number of aliphatic hydroxyl groups is 2. The predicted molar refractivity (Wildman–Crippen MR) is 139 cm³/mol. The standard InChI is InChI=1S/C25H52O14/c1-28-25(24-27)39-23-22-38-21-20-37-19-18-36-17-16-35-15-14-34-13-12-33-11-10-32-9-8-31-7-6-30-5-4-29-3-2-26/h25-27H,2-24H2,1H3. The largest absolute Gasteiger partial charge is 0.394 e. The highest BCUT2D eigenvalue weighted by Gasteiger charge is 2.03. The summed E-state index contributed by atoms with van der Waals surface area (Å²) in [4.78, 5) is 0. The van der Waals surface area contributed by atoms with E-state index in [9.17, 15) is 0 Å². The molecule has 14 heteroatoms. The van der Waals surface area contributed by atoms with Gasteiger partial charge >= 0.3 is 0 Å². The summed E-state index contributed by atoms with van der Waals surface area (Å²) in [6, 6.07) is 0. The van der Waals surface area contributed by atoms with Crippen LogP contribution in [0.15, 0.2) is 0 Å². The summed E-state index contributed by atoms with van der Waals surface area (Å²) in [5.74, 6) is 0. The molecule has 0 saturated heterocycles. The van der Waals surface area contributed by atoms with Gasteiger partial charge in [-0.1, -0.05) is 0 Å². The highest BCUT2D eigenvalue weighted by Crippen LogP contribution is 1.91. The topological polar surface area (TPSA) is 151 Å². The second-order valence-corrected chi connectivity index (χ2v) is 7.57. The minimum atomic E-state index is -0.610. The van der Waals surface area contributed by atoms with Gasteiger partial charge in [-0.3, -0.25) is 0 Å².